The van der Waals surface area contributed by atoms with E-state index in [1.807, 2.05) is 50.3 Å². The molecule has 0 unspecified atom stereocenters. The van der Waals surface area contributed by atoms with E-state index in [9.17, 15) is 9.59 Å². The number of carbonyl (C=O) groups excluding carboxylic acids is 2. The lowest BCUT2D eigenvalue weighted by Gasteiger charge is -2.03. The lowest BCUT2D eigenvalue weighted by atomic mass is 10.1. The van der Waals surface area contributed by atoms with Crippen LogP contribution >= 0.6 is 31.9 Å². The van der Waals surface area contributed by atoms with Crippen molar-refractivity contribution >= 4 is 43.7 Å². The maximum absolute atomic E-state index is 12.2. The topological polar surface area (TPSA) is 110 Å². The van der Waals surface area contributed by atoms with Crippen LogP contribution in [0.1, 0.15) is 42.6 Å². The number of benzene rings is 1. The van der Waals surface area contributed by atoms with Gasteiger partial charge in [0.05, 0.1) is 0 Å². The number of hydrogen-bond donors (Lipinski definition) is 4. The first kappa shape index (κ1) is 34.6. The zero-order chi connectivity index (χ0) is 29.8. The number of carbonyl (C=O) groups is 2. The van der Waals surface area contributed by atoms with Crippen molar-refractivity contribution in [3.05, 3.63) is 104 Å². The van der Waals surface area contributed by atoms with Crippen molar-refractivity contribution in [3.63, 3.8) is 0 Å². The molecule has 0 aromatic heterocycles. The summed E-state index contributed by atoms with van der Waals surface area (Å²) in [6.45, 7) is 9.78. The molecule has 0 saturated heterocycles. The van der Waals surface area contributed by atoms with Crippen LogP contribution in [0.2, 0.25) is 0 Å². The van der Waals surface area contributed by atoms with Gasteiger partial charge in [-0.15, -0.1) is 0 Å². The van der Waals surface area contributed by atoms with E-state index in [1.54, 1.807) is 24.3 Å². The zero-order valence-corrected chi connectivity index (χ0v) is 26.1. The van der Waals surface area contributed by atoms with Gasteiger partial charge in [0.25, 0.3) is 5.91 Å². The molecule has 0 spiro atoms. The summed E-state index contributed by atoms with van der Waals surface area (Å²) in [7, 11) is 0. The van der Waals surface area contributed by atoms with Crippen molar-refractivity contribution < 1.29 is 9.59 Å². The van der Waals surface area contributed by atoms with Gasteiger partial charge in [-0.25, -0.2) is 0 Å². The fourth-order valence-corrected chi connectivity index (χ4v) is 3.90. The van der Waals surface area contributed by atoms with Crippen molar-refractivity contribution in [2.45, 2.75) is 26.7 Å². The molecule has 1 aromatic rings. The van der Waals surface area contributed by atoms with E-state index in [2.05, 4.69) is 72.8 Å². The maximum atomic E-state index is 12.2. The second kappa shape index (κ2) is 20.5. The highest BCUT2D eigenvalue weighted by Crippen LogP contribution is 2.17. The third kappa shape index (κ3) is 14.7. The molecule has 0 aliphatic heterocycles. The summed E-state index contributed by atoms with van der Waals surface area (Å²) in [4.78, 5) is 23.9. The van der Waals surface area contributed by atoms with E-state index in [0.29, 0.717) is 30.8 Å². The SMILES string of the molecule is C=C/C(C#CC1=CCC=CC(C#Cc2cc(Br)cc(C(=O)NCC)c2)=C1)=C\C(Br)=C/CC(=O)NCCN.CCN. The first-order valence-corrected chi connectivity index (χ1v) is 14.4. The van der Waals surface area contributed by atoms with Gasteiger partial charge in [-0.05, 0) is 50.2 Å². The van der Waals surface area contributed by atoms with Crippen LogP contribution < -0.4 is 22.1 Å². The molecule has 210 valence electrons. The van der Waals surface area contributed by atoms with Crippen molar-refractivity contribution in [2.75, 3.05) is 26.2 Å². The van der Waals surface area contributed by atoms with E-state index in [1.165, 1.54) is 0 Å². The number of nitrogens with two attached hydrogens (primary N) is 2. The van der Waals surface area contributed by atoms with Crippen LogP contribution in [0, 0.1) is 23.7 Å². The van der Waals surface area contributed by atoms with Gasteiger partial charge in [0.1, 0.15) is 0 Å². The Hall–Kier alpha value is -3.40. The summed E-state index contributed by atoms with van der Waals surface area (Å²) in [6.07, 6.45) is 14.1. The number of amides is 2. The molecule has 2 amide bonds. The Bertz CT molecular complexity index is 1330. The van der Waals surface area contributed by atoms with Crippen molar-refractivity contribution in [3.8, 4) is 23.7 Å². The fourth-order valence-electron chi connectivity index (χ4n) is 3.00. The summed E-state index contributed by atoms with van der Waals surface area (Å²) in [6, 6.07) is 5.42. The van der Waals surface area contributed by atoms with Gasteiger partial charge in [-0.2, -0.15) is 0 Å². The van der Waals surface area contributed by atoms with Crippen molar-refractivity contribution in [1.29, 1.82) is 0 Å². The molecule has 0 radical (unpaired) electrons. The summed E-state index contributed by atoms with van der Waals surface area (Å²) in [5.41, 5.74) is 13.9. The smallest absolute Gasteiger partial charge is 0.251 e. The van der Waals surface area contributed by atoms with Crippen LogP contribution in [0.25, 0.3) is 0 Å². The van der Waals surface area contributed by atoms with Crippen LogP contribution in [0.4, 0.5) is 0 Å². The van der Waals surface area contributed by atoms with Crippen LogP contribution in [-0.4, -0.2) is 38.0 Å². The van der Waals surface area contributed by atoms with E-state index >= 15 is 0 Å². The van der Waals surface area contributed by atoms with E-state index in [0.717, 1.165) is 38.6 Å². The molecule has 6 N–H and O–H groups in total. The molecule has 0 bridgehead atoms. The molecule has 2 rings (SSSR count). The molecule has 0 atom stereocenters. The fraction of sp³-hybridized carbons (Fsp3) is 0.250. The van der Waals surface area contributed by atoms with E-state index in [-0.39, 0.29) is 18.2 Å². The number of rotatable bonds is 8. The Morgan fingerprint density at radius 1 is 1.10 bits per heavy atom. The molecule has 1 aromatic carbocycles. The Morgan fingerprint density at radius 3 is 2.52 bits per heavy atom. The van der Waals surface area contributed by atoms with Crippen LogP contribution in [0.5, 0.6) is 0 Å². The predicted octanol–water partition coefficient (Wildman–Crippen LogP) is 5.19. The molecule has 0 fully saturated rings. The first-order chi connectivity index (χ1) is 19.3. The molecular weight excluding hydrogens is 632 g/mol. The summed E-state index contributed by atoms with van der Waals surface area (Å²) >= 11 is 6.91. The second-order valence-electron chi connectivity index (χ2n) is 8.13. The highest BCUT2D eigenvalue weighted by atomic mass is 79.9. The minimum Gasteiger partial charge on any atom is -0.355 e. The number of hydrogen-bond acceptors (Lipinski definition) is 4. The Balaban J connectivity index is 0.00000254. The van der Waals surface area contributed by atoms with Gasteiger partial charge >= 0.3 is 0 Å². The third-order valence-corrected chi connectivity index (χ3v) is 5.75. The zero-order valence-electron chi connectivity index (χ0n) is 23.0. The molecule has 0 heterocycles. The molecule has 1 aliphatic carbocycles. The number of allylic oxidation sites excluding steroid dienone is 10. The number of nitrogens with one attached hydrogen (secondary N) is 2. The summed E-state index contributed by atoms with van der Waals surface area (Å²) < 4.78 is 1.52. The van der Waals surface area contributed by atoms with Crippen LogP contribution in [-0.2, 0) is 4.79 Å². The van der Waals surface area contributed by atoms with Crippen molar-refractivity contribution in [1.82, 2.24) is 10.6 Å². The van der Waals surface area contributed by atoms with Crippen LogP contribution in [0.15, 0.2) is 93.0 Å². The lowest BCUT2D eigenvalue weighted by Crippen LogP contribution is -2.28. The van der Waals surface area contributed by atoms with Gasteiger partial charge in [0.15, 0.2) is 0 Å². The third-order valence-electron chi connectivity index (χ3n) is 4.74. The highest BCUT2D eigenvalue weighted by molar-refractivity contribution is 9.12. The average molecular weight is 668 g/mol. The average Bonchev–Trinajstić information content (AvgIpc) is 3.17. The normalized spacial score (nSPS) is 12.6. The quantitative estimate of drug-likeness (QED) is 0.226. The standard InChI is InChI=1S/C30H29Br2N3O2.C2H7N/c1-3-22(19-27(31)13-14-29(36)35-16-15-33)9-10-23-7-5-6-8-24(17-23)11-12-25-18-26(21-28(32)20-25)30(37)34-4-2;1-2-3/h3,6-8,13,17-21H,1,4-5,14-16,33H2,2H3,(H,34,37)(H,35,36);2-3H2,1H3/b22-19+,27-13+;. The van der Waals surface area contributed by atoms with Gasteiger partial charge in [0, 0.05) is 62.9 Å². The largest absolute Gasteiger partial charge is 0.355 e. The molecule has 8 heteroatoms. The molecule has 0 saturated carbocycles. The summed E-state index contributed by atoms with van der Waals surface area (Å²) in [5.74, 6) is 12.4. The van der Waals surface area contributed by atoms with Gasteiger partial charge < -0.3 is 22.1 Å². The maximum Gasteiger partial charge on any atom is 0.251 e. The molecule has 6 nitrogen and oxygen atoms in total. The van der Waals surface area contributed by atoms with Crippen LogP contribution in [0.3, 0.4) is 0 Å². The van der Waals surface area contributed by atoms with E-state index in [4.69, 9.17) is 11.5 Å². The Labute approximate surface area is 255 Å². The highest BCUT2D eigenvalue weighted by Gasteiger charge is 2.06. The number of halogens is 2. The second-order valence-corrected chi connectivity index (χ2v) is 9.96. The first-order valence-electron chi connectivity index (χ1n) is 12.8. The van der Waals surface area contributed by atoms with Gasteiger partial charge in [-0.3, -0.25) is 9.59 Å². The monoisotopic (exact) mass is 666 g/mol. The summed E-state index contributed by atoms with van der Waals surface area (Å²) in [5, 5.41) is 5.52. The lowest BCUT2D eigenvalue weighted by molar-refractivity contribution is -0.120. The van der Waals surface area contributed by atoms with Gasteiger partial charge in [-0.1, -0.05) is 99.4 Å². The minimum absolute atomic E-state index is 0.0970. The molecular formula is C32H36Br2N4O2. The molecule has 40 heavy (non-hydrogen) atoms. The molecule has 1 aliphatic rings. The Morgan fingerprint density at radius 2 is 1.85 bits per heavy atom. The van der Waals surface area contributed by atoms with Gasteiger partial charge in [0.2, 0.25) is 5.91 Å². The minimum atomic E-state index is -0.136. The Kier molecular flexibility index (Phi) is 17.7. The van der Waals surface area contributed by atoms with E-state index < -0.39 is 0 Å². The predicted molar refractivity (Wildman–Crippen MR) is 173 cm³/mol. The van der Waals surface area contributed by atoms with Crippen molar-refractivity contribution in [2.24, 2.45) is 11.5 Å².